The zero-order chi connectivity index (χ0) is 25.9. The minimum Gasteiger partial charge on any atom is -0.381 e. The van der Waals surface area contributed by atoms with Crippen LogP contribution in [-0.2, 0) is 4.79 Å². The molecule has 0 aromatic carbocycles. The van der Waals surface area contributed by atoms with Crippen LogP contribution in [0, 0.1) is 0 Å². The lowest BCUT2D eigenvalue weighted by molar-refractivity contribution is -0.149. The maximum absolute atomic E-state index is 13.2. The van der Waals surface area contributed by atoms with Crippen LogP contribution in [-0.4, -0.2) is 64.1 Å². The van der Waals surface area contributed by atoms with Crippen LogP contribution in [0.1, 0.15) is 32.7 Å². The fourth-order valence-corrected chi connectivity index (χ4v) is 5.17. The van der Waals surface area contributed by atoms with Gasteiger partial charge in [-0.3, -0.25) is 24.1 Å². The molecule has 0 aliphatic carbocycles. The number of carbonyl (C=O) groups excluding carboxylic acids is 1. The summed E-state index contributed by atoms with van der Waals surface area (Å²) < 4.78 is 1.58. The van der Waals surface area contributed by atoms with E-state index in [2.05, 4.69) is 19.9 Å². The van der Waals surface area contributed by atoms with E-state index in [1.54, 1.807) is 15.7 Å². The number of amides is 1. The van der Waals surface area contributed by atoms with E-state index in [1.807, 2.05) is 30.5 Å². The molecule has 0 saturated carbocycles. The Morgan fingerprint density at radius 1 is 1.11 bits per heavy atom. The van der Waals surface area contributed by atoms with Gasteiger partial charge < -0.3 is 15.0 Å². The number of pyridine rings is 3. The molecule has 11 heteroatoms. The summed E-state index contributed by atoms with van der Waals surface area (Å²) in [6, 6.07) is 7.21. The molecule has 1 fully saturated rings. The van der Waals surface area contributed by atoms with E-state index < -0.39 is 16.9 Å². The Morgan fingerprint density at radius 3 is 2.65 bits per heavy atom. The largest absolute Gasteiger partial charge is 0.381 e. The Kier molecular flexibility index (Phi) is 5.19. The fourth-order valence-electron chi connectivity index (χ4n) is 5.17. The number of likely N-dealkylation sites (tertiary alicyclic amines) is 1. The summed E-state index contributed by atoms with van der Waals surface area (Å²) in [4.78, 5) is 59.4. The third kappa shape index (κ3) is 3.78. The number of hydrogen-bond donors (Lipinski definition) is 3. The quantitative estimate of drug-likeness (QED) is 0.322. The van der Waals surface area contributed by atoms with Gasteiger partial charge in [0.2, 0.25) is 0 Å². The van der Waals surface area contributed by atoms with Crippen LogP contribution in [0.2, 0.25) is 0 Å². The van der Waals surface area contributed by atoms with Crippen molar-refractivity contribution in [2.45, 2.75) is 38.3 Å². The summed E-state index contributed by atoms with van der Waals surface area (Å²) >= 11 is 0. The Bertz CT molecular complexity index is 1800. The van der Waals surface area contributed by atoms with Crippen molar-refractivity contribution >= 4 is 38.9 Å². The van der Waals surface area contributed by atoms with Gasteiger partial charge in [0.15, 0.2) is 0 Å². The van der Waals surface area contributed by atoms with Crippen molar-refractivity contribution in [2.75, 3.05) is 13.1 Å². The van der Waals surface area contributed by atoms with Crippen molar-refractivity contribution < 1.29 is 9.90 Å². The maximum atomic E-state index is 13.2. The number of piperidine rings is 1. The van der Waals surface area contributed by atoms with E-state index in [-0.39, 0.29) is 17.3 Å². The van der Waals surface area contributed by atoms with E-state index >= 15 is 0 Å². The highest BCUT2D eigenvalue weighted by molar-refractivity contribution is 6.02. The lowest BCUT2D eigenvalue weighted by atomic mass is 10.0. The molecular weight excluding hydrogens is 474 g/mol. The van der Waals surface area contributed by atoms with Gasteiger partial charge in [-0.1, -0.05) is 0 Å². The van der Waals surface area contributed by atoms with Crippen LogP contribution in [0.4, 0.5) is 0 Å². The number of aromatic amines is 2. The molecule has 0 atom stereocenters. The molecule has 1 aliphatic rings. The number of nitrogens with one attached hydrogen (secondary N) is 2. The predicted molar refractivity (Wildman–Crippen MR) is 138 cm³/mol. The van der Waals surface area contributed by atoms with Gasteiger partial charge in [0.05, 0.1) is 22.1 Å². The van der Waals surface area contributed by atoms with Crippen LogP contribution in [0.5, 0.6) is 0 Å². The molecule has 0 unspecified atom stereocenters. The van der Waals surface area contributed by atoms with E-state index in [4.69, 9.17) is 4.98 Å². The molecule has 6 heterocycles. The Morgan fingerprint density at radius 2 is 1.89 bits per heavy atom. The van der Waals surface area contributed by atoms with E-state index in [9.17, 15) is 19.5 Å². The summed E-state index contributed by atoms with van der Waals surface area (Å²) in [5.74, 6) is -0.348. The van der Waals surface area contributed by atoms with Crippen molar-refractivity contribution in [3.05, 3.63) is 63.7 Å². The van der Waals surface area contributed by atoms with Crippen LogP contribution in [0.25, 0.3) is 44.2 Å². The zero-order valence-corrected chi connectivity index (χ0v) is 20.4. The van der Waals surface area contributed by atoms with Gasteiger partial charge in [-0.25, -0.2) is 14.8 Å². The van der Waals surface area contributed by atoms with Crippen molar-refractivity contribution in [1.29, 1.82) is 0 Å². The normalized spacial score (nSPS) is 15.2. The van der Waals surface area contributed by atoms with E-state index in [1.165, 1.54) is 20.0 Å². The zero-order valence-electron chi connectivity index (χ0n) is 20.4. The molecule has 1 saturated heterocycles. The lowest BCUT2D eigenvalue weighted by Gasteiger charge is -2.36. The average Bonchev–Trinajstić information content (AvgIpc) is 3.32. The summed E-state index contributed by atoms with van der Waals surface area (Å²) in [5.41, 5.74) is 1.15. The number of aliphatic hydroxyl groups is 1. The first-order valence-electron chi connectivity index (χ1n) is 12.1. The number of rotatable bonds is 3. The third-order valence-corrected chi connectivity index (χ3v) is 6.98. The monoisotopic (exact) mass is 499 g/mol. The third-order valence-electron chi connectivity index (χ3n) is 6.98. The number of hydrogen-bond acceptors (Lipinski definition) is 7. The fraction of sp³-hybridized carbons (Fsp3) is 0.308. The molecule has 3 N–H and O–H groups in total. The average molecular weight is 500 g/mol. The Balaban J connectivity index is 1.51. The van der Waals surface area contributed by atoms with Crippen LogP contribution >= 0.6 is 0 Å². The van der Waals surface area contributed by atoms with Crippen LogP contribution in [0.15, 0.2) is 52.4 Å². The van der Waals surface area contributed by atoms with E-state index in [0.717, 1.165) is 16.6 Å². The molecule has 5 aromatic heterocycles. The molecule has 188 valence electrons. The first kappa shape index (κ1) is 23.0. The number of nitrogens with zero attached hydrogens (tertiary/aromatic N) is 5. The topological polar surface area (TPSA) is 150 Å². The summed E-state index contributed by atoms with van der Waals surface area (Å²) in [6.07, 6.45) is 5.98. The van der Waals surface area contributed by atoms with Crippen LogP contribution in [0.3, 0.4) is 0 Å². The Hall–Kier alpha value is -4.38. The summed E-state index contributed by atoms with van der Waals surface area (Å²) in [7, 11) is 0. The first-order valence-corrected chi connectivity index (χ1v) is 12.1. The molecular formula is C26H25N7O4. The van der Waals surface area contributed by atoms with Crippen molar-refractivity contribution in [3.8, 4) is 11.3 Å². The van der Waals surface area contributed by atoms with Crippen molar-refractivity contribution in [1.82, 2.24) is 34.4 Å². The first-order chi connectivity index (χ1) is 17.7. The highest BCUT2D eigenvalue weighted by atomic mass is 16.3. The molecule has 5 aromatic rings. The molecule has 1 aliphatic heterocycles. The highest BCUT2D eigenvalue weighted by Gasteiger charge is 2.33. The SMILES string of the molecule is CC(C)(O)C(=O)N1CCC(n2c(=O)[nH]c(=O)c3cnc4ccc(-c5c[nH]c6ncccc56)nc4c32)CC1. The van der Waals surface area contributed by atoms with Gasteiger partial charge in [-0.2, -0.15) is 0 Å². The standard InChI is InChI=1S/C26H25N7O4/c1-26(2,37)24(35)32-10-7-14(8-11-32)33-21-17(23(34)31-25(33)36)13-28-19-6-5-18(30-20(19)21)16-12-29-22-15(16)4-3-9-27-22/h3-6,9,12-14,37H,7-8,10-11H2,1-2H3,(H,27,29)(H,31,34,36). The van der Waals surface area contributed by atoms with Crippen molar-refractivity contribution in [2.24, 2.45) is 0 Å². The second-order valence-corrected chi connectivity index (χ2v) is 9.90. The van der Waals surface area contributed by atoms with Gasteiger partial charge in [-0.15, -0.1) is 0 Å². The predicted octanol–water partition coefficient (Wildman–Crippen LogP) is 2.11. The minimum absolute atomic E-state index is 0.271. The number of aromatic nitrogens is 6. The van der Waals surface area contributed by atoms with Gasteiger partial charge in [0, 0.05) is 48.7 Å². The summed E-state index contributed by atoms with van der Waals surface area (Å²) in [6.45, 7) is 3.69. The molecule has 0 bridgehead atoms. The minimum atomic E-state index is -1.46. The van der Waals surface area contributed by atoms with Gasteiger partial charge >= 0.3 is 5.69 Å². The molecule has 0 spiro atoms. The van der Waals surface area contributed by atoms with Crippen LogP contribution < -0.4 is 11.2 Å². The van der Waals surface area contributed by atoms with Crippen molar-refractivity contribution in [3.63, 3.8) is 0 Å². The second kappa shape index (κ2) is 8.34. The Labute approximate surface area is 209 Å². The number of carbonyl (C=O) groups is 1. The van der Waals surface area contributed by atoms with Gasteiger partial charge in [0.25, 0.3) is 11.5 Å². The molecule has 0 radical (unpaired) electrons. The van der Waals surface area contributed by atoms with Gasteiger partial charge in [-0.05, 0) is 51.0 Å². The van der Waals surface area contributed by atoms with E-state index in [0.29, 0.717) is 48.2 Å². The lowest BCUT2D eigenvalue weighted by Crippen LogP contribution is -2.49. The van der Waals surface area contributed by atoms with Gasteiger partial charge in [0.1, 0.15) is 16.8 Å². The smallest absolute Gasteiger partial charge is 0.329 e. The molecule has 1 amide bonds. The summed E-state index contributed by atoms with van der Waals surface area (Å²) in [5, 5.41) is 11.3. The second-order valence-electron chi connectivity index (χ2n) is 9.90. The molecule has 6 rings (SSSR count). The molecule has 11 nitrogen and oxygen atoms in total. The molecule has 37 heavy (non-hydrogen) atoms. The maximum Gasteiger partial charge on any atom is 0.329 e. The number of fused-ring (bicyclic) bond motifs is 4. The number of H-pyrrole nitrogens is 2. The highest BCUT2D eigenvalue weighted by Crippen LogP contribution is 2.31.